The fourth-order valence-electron chi connectivity index (χ4n) is 2.08. The van der Waals surface area contributed by atoms with Gasteiger partial charge in [-0.3, -0.25) is 9.36 Å². The summed E-state index contributed by atoms with van der Waals surface area (Å²) in [7, 11) is 1.91. The quantitative estimate of drug-likeness (QED) is 0.901. The lowest BCUT2D eigenvalue weighted by molar-refractivity contribution is 0.542. The van der Waals surface area contributed by atoms with Crippen LogP contribution < -0.4 is 5.32 Å². The third kappa shape index (κ3) is 2.42. The van der Waals surface area contributed by atoms with Gasteiger partial charge in [0.2, 0.25) is 0 Å². The van der Waals surface area contributed by atoms with Crippen molar-refractivity contribution in [2.45, 2.75) is 26.4 Å². The number of aryl methyl sites for hydroxylation is 2. The van der Waals surface area contributed by atoms with Crippen molar-refractivity contribution in [1.29, 1.82) is 0 Å². The minimum absolute atomic E-state index is 0.0265. The van der Waals surface area contributed by atoms with Gasteiger partial charge in [-0.25, -0.2) is 0 Å². The highest BCUT2D eigenvalue weighted by Crippen LogP contribution is 2.27. The Morgan fingerprint density at radius 3 is 2.67 bits per heavy atom. The van der Waals surface area contributed by atoms with E-state index in [9.17, 15) is 0 Å². The van der Waals surface area contributed by atoms with E-state index in [1.54, 1.807) is 10.9 Å². The smallest absolute Gasteiger partial charge is 0.0837 e. The van der Waals surface area contributed by atoms with Gasteiger partial charge in [0.15, 0.2) is 0 Å². The van der Waals surface area contributed by atoms with Crippen LogP contribution >= 0.6 is 11.6 Å². The zero-order valence-corrected chi connectivity index (χ0v) is 11.6. The normalized spacial score (nSPS) is 12.9. The van der Waals surface area contributed by atoms with Gasteiger partial charge in [0.05, 0.1) is 29.2 Å². The molecule has 1 unspecified atom stereocenters. The van der Waals surface area contributed by atoms with Crippen molar-refractivity contribution in [3.05, 3.63) is 34.9 Å². The summed E-state index contributed by atoms with van der Waals surface area (Å²) in [6.07, 6.45) is 5.55. The molecule has 5 nitrogen and oxygen atoms in total. The molecule has 0 aliphatic heterocycles. The Morgan fingerprint density at radius 1 is 1.33 bits per heavy atom. The Hall–Kier alpha value is -1.33. The van der Waals surface area contributed by atoms with Gasteiger partial charge in [0, 0.05) is 25.4 Å². The van der Waals surface area contributed by atoms with Crippen molar-refractivity contribution >= 4 is 11.6 Å². The van der Waals surface area contributed by atoms with Crippen LogP contribution in [0.3, 0.4) is 0 Å². The van der Waals surface area contributed by atoms with Crippen molar-refractivity contribution in [3.8, 4) is 0 Å². The number of hydrogen-bond acceptors (Lipinski definition) is 3. The van der Waals surface area contributed by atoms with Crippen LogP contribution in [0.1, 0.15) is 31.1 Å². The molecule has 2 aromatic heterocycles. The first-order chi connectivity index (χ1) is 8.67. The molecule has 98 valence electrons. The first kappa shape index (κ1) is 13.1. The number of nitrogens with zero attached hydrogens (tertiary/aromatic N) is 4. The third-order valence-corrected chi connectivity index (χ3v) is 3.16. The molecule has 0 aromatic carbocycles. The average Bonchev–Trinajstić information content (AvgIpc) is 2.93. The number of halogens is 1. The van der Waals surface area contributed by atoms with Gasteiger partial charge in [0.1, 0.15) is 0 Å². The zero-order chi connectivity index (χ0) is 13.1. The molecular weight excluding hydrogens is 250 g/mol. The van der Waals surface area contributed by atoms with Crippen LogP contribution in [0, 0.1) is 0 Å². The Morgan fingerprint density at radius 2 is 2.11 bits per heavy atom. The van der Waals surface area contributed by atoms with Crippen LogP contribution in [0.2, 0.25) is 5.02 Å². The summed E-state index contributed by atoms with van der Waals surface area (Å²) in [5, 5.41) is 12.6. The lowest BCUT2D eigenvalue weighted by Gasteiger charge is -2.18. The maximum atomic E-state index is 6.26. The average molecular weight is 268 g/mol. The number of rotatable bonds is 5. The molecule has 0 spiro atoms. The molecule has 6 heteroatoms. The second kappa shape index (κ2) is 5.54. The summed E-state index contributed by atoms with van der Waals surface area (Å²) in [4.78, 5) is 0. The van der Waals surface area contributed by atoms with Crippen LogP contribution in [-0.4, -0.2) is 26.1 Å². The van der Waals surface area contributed by atoms with E-state index in [4.69, 9.17) is 11.6 Å². The molecule has 2 rings (SSSR count). The largest absolute Gasteiger partial charge is 0.305 e. The van der Waals surface area contributed by atoms with E-state index in [-0.39, 0.29) is 6.04 Å². The van der Waals surface area contributed by atoms with Gasteiger partial charge in [-0.1, -0.05) is 18.5 Å². The van der Waals surface area contributed by atoms with E-state index >= 15 is 0 Å². The van der Waals surface area contributed by atoms with E-state index in [1.165, 1.54) is 0 Å². The summed E-state index contributed by atoms with van der Waals surface area (Å²) < 4.78 is 3.71. The van der Waals surface area contributed by atoms with Gasteiger partial charge in [0.25, 0.3) is 0 Å². The molecule has 0 bridgehead atoms. The van der Waals surface area contributed by atoms with Gasteiger partial charge in [-0.05, 0) is 13.5 Å². The fraction of sp³-hybridized carbons (Fsp3) is 0.500. The van der Waals surface area contributed by atoms with Crippen molar-refractivity contribution in [2.75, 3.05) is 6.54 Å². The first-order valence-corrected chi connectivity index (χ1v) is 6.48. The highest BCUT2D eigenvalue weighted by Gasteiger charge is 2.22. The van der Waals surface area contributed by atoms with Crippen LogP contribution in [0.25, 0.3) is 0 Å². The van der Waals surface area contributed by atoms with Gasteiger partial charge in [-0.15, -0.1) is 0 Å². The van der Waals surface area contributed by atoms with E-state index in [0.29, 0.717) is 5.02 Å². The number of nitrogens with one attached hydrogen (secondary N) is 1. The second-order valence-electron chi connectivity index (χ2n) is 4.13. The monoisotopic (exact) mass is 267 g/mol. The molecular formula is C12H18ClN5. The minimum Gasteiger partial charge on any atom is -0.305 e. The van der Waals surface area contributed by atoms with Crippen molar-refractivity contribution in [3.63, 3.8) is 0 Å². The molecule has 0 saturated carbocycles. The standard InChI is InChI=1S/C12H18ClN5/c1-4-14-11(9-6-15-17(3)8-9)12-10(13)7-16-18(12)5-2/h6-8,11,14H,4-5H2,1-3H3. The first-order valence-electron chi connectivity index (χ1n) is 6.10. The van der Waals surface area contributed by atoms with Crippen molar-refractivity contribution in [2.24, 2.45) is 7.05 Å². The zero-order valence-electron chi connectivity index (χ0n) is 10.9. The molecule has 0 saturated heterocycles. The Labute approximate surface area is 112 Å². The summed E-state index contributed by atoms with van der Waals surface area (Å²) in [5.74, 6) is 0. The molecule has 0 amide bonds. The van der Waals surface area contributed by atoms with Crippen molar-refractivity contribution in [1.82, 2.24) is 24.9 Å². The summed E-state index contributed by atoms with van der Waals surface area (Å²) in [6.45, 7) is 5.78. The molecule has 1 N–H and O–H groups in total. The van der Waals surface area contributed by atoms with Crippen LogP contribution in [0.5, 0.6) is 0 Å². The number of aromatic nitrogens is 4. The molecule has 0 aliphatic rings. The Balaban J connectivity index is 2.43. The predicted molar refractivity (Wildman–Crippen MR) is 71.6 cm³/mol. The van der Waals surface area contributed by atoms with E-state index in [0.717, 1.165) is 24.3 Å². The lowest BCUT2D eigenvalue weighted by Crippen LogP contribution is -2.24. The summed E-state index contributed by atoms with van der Waals surface area (Å²) >= 11 is 6.26. The summed E-state index contributed by atoms with van der Waals surface area (Å²) in [5.41, 5.74) is 2.09. The molecule has 1 atom stereocenters. The Bertz CT molecular complexity index is 516. The SMILES string of the molecule is CCNC(c1cnn(C)c1)c1c(Cl)cnn1CC. The van der Waals surface area contributed by atoms with Crippen LogP contribution in [0.15, 0.2) is 18.6 Å². The predicted octanol–water partition coefficient (Wildman–Crippen LogP) is 1.99. The summed E-state index contributed by atoms with van der Waals surface area (Å²) in [6, 6.07) is 0.0265. The second-order valence-corrected chi connectivity index (χ2v) is 4.54. The maximum Gasteiger partial charge on any atom is 0.0837 e. The molecule has 0 radical (unpaired) electrons. The highest BCUT2D eigenvalue weighted by molar-refractivity contribution is 6.31. The van der Waals surface area contributed by atoms with Crippen LogP contribution in [-0.2, 0) is 13.6 Å². The van der Waals surface area contributed by atoms with Gasteiger partial charge >= 0.3 is 0 Å². The molecule has 2 aromatic rings. The van der Waals surface area contributed by atoms with Gasteiger partial charge in [-0.2, -0.15) is 10.2 Å². The number of hydrogen-bond donors (Lipinski definition) is 1. The topological polar surface area (TPSA) is 47.7 Å². The van der Waals surface area contributed by atoms with E-state index in [1.807, 2.05) is 24.1 Å². The minimum atomic E-state index is 0.0265. The third-order valence-electron chi connectivity index (χ3n) is 2.87. The molecule has 2 heterocycles. The molecule has 18 heavy (non-hydrogen) atoms. The van der Waals surface area contributed by atoms with Crippen molar-refractivity contribution < 1.29 is 0 Å². The fourth-order valence-corrected chi connectivity index (χ4v) is 2.33. The van der Waals surface area contributed by atoms with Gasteiger partial charge < -0.3 is 5.32 Å². The highest BCUT2D eigenvalue weighted by atomic mass is 35.5. The maximum absolute atomic E-state index is 6.26. The molecule has 0 aliphatic carbocycles. The lowest BCUT2D eigenvalue weighted by atomic mass is 10.1. The van der Waals surface area contributed by atoms with E-state index in [2.05, 4.69) is 29.4 Å². The van der Waals surface area contributed by atoms with Crippen LogP contribution in [0.4, 0.5) is 0 Å². The van der Waals surface area contributed by atoms with E-state index < -0.39 is 0 Å². The Kier molecular flexibility index (Phi) is 4.04. The molecule has 0 fully saturated rings.